The molecule has 2 unspecified atom stereocenters. The van der Waals surface area contributed by atoms with Gasteiger partial charge in [0, 0.05) is 38.9 Å². The molecule has 0 fully saturated rings. The van der Waals surface area contributed by atoms with E-state index in [0.29, 0.717) is 11.8 Å². The van der Waals surface area contributed by atoms with Crippen molar-refractivity contribution in [3.8, 4) is 0 Å². The largest absolute Gasteiger partial charge is 0.493 e. The molecular weight excluding hydrogens is 625 g/mol. The lowest BCUT2D eigenvalue weighted by Crippen LogP contribution is -2.24. The summed E-state index contributed by atoms with van der Waals surface area (Å²) < 4.78 is 1.50. The fourth-order valence-corrected chi connectivity index (χ4v) is 11.8. The highest BCUT2D eigenvalue weighted by Gasteiger charge is 2.30. The smallest absolute Gasteiger partial charge is 0.210 e. The van der Waals surface area contributed by atoms with Crippen LogP contribution in [0.5, 0.6) is 0 Å². The van der Waals surface area contributed by atoms with Crippen LogP contribution in [0.15, 0.2) is 84.5 Å². The number of rotatable bonds is 22. The van der Waals surface area contributed by atoms with Crippen LogP contribution in [0, 0.1) is 11.8 Å². The molecular formula is C45H70N2Si2. The van der Waals surface area contributed by atoms with E-state index in [1.165, 1.54) is 97.7 Å². The first-order valence-corrected chi connectivity index (χ1v) is 27.1. The first-order valence-electron chi connectivity index (χ1n) is 19.7. The van der Waals surface area contributed by atoms with Gasteiger partial charge in [-0.1, -0.05) is 152 Å². The normalized spacial score (nSPS) is 15.5. The Morgan fingerprint density at radius 3 is 1.57 bits per heavy atom. The number of allylic oxidation sites excluding steroid dienone is 6. The molecule has 1 aliphatic rings. The maximum absolute atomic E-state index is 11.9. The van der Waals surface area contributed by atoms with Gasteiger partial charge in [0.25, 0.3) is 0 Å². The van der Waals surface area contributed by atoms with E-state index in [-0.39, 0.29) is 0 Å². The summed E-state index contributed by atoms with van der Waals surface area (Å²) in [4.78, 5) is 0. The van der Waals surface area contributed by atoms with Gasteiger partial charge in [-0.2, -0.15) is 0 Å². The fraction of sp³-hybridized carbons (Fsp3) is 0.556. The molecule has 1 aliphatic heterocycles. The molecule has 0 saturated heterocycles. The van der Waals surface area contributed by atoms with E-state index in [0.717, 1.165) is 35.4 Å². The maximum Gasteiger partial charge on any atom is 0.210 e. The molecule has 2 atom stereocenters. The van der Waals surface area contributed by atoms with Gasteiger partial charge in [-0.25, -0.2) is 4.70 Å². The van der Waals surface area contributed by atoms with Gasteiger partial charge in [-0.05, 0) is 93.4 Å². The molecule has 1 heterocycles. The highest BCUT2D eigenvalue weighted by molar-refractivity contribution is 6.76. The van der Waals surface area contributed by atoms with Crippen LogP contribution >= 0.6 is 0 Å². The second-order valence-electron chi connectivity index (χ2n) is 17.2. The Balaban J connectivity index is 1.78. The molecule has 3 rings (SSSR count). The van der Waals surface area contributed by atoms with Crippen molar-refractivity contribution in [1.82, 2.24) is 0 Å². The zero-order chi connectivity index (χ0) is 35.9. The molecule has 2 aromatic rings. The van der Waals surface area contributed by atoms with Gasteiger partial charge in [0.15, 0.2) is 0 Å². The summed E-state index contributed by atoms with van der Waals surface area (Å²) in [6.07, 6.45) is 26.2. The van der Waals surface area contributed by atoms with E-state index in [1.54, 1.807) is 0 Å². The average molecular weight is 695 g/mol. The van der Waals surface area contributed by atoms with E-state index >= 15 is 0 Å². The lowest BCUT2D eigenvalue weighted by Gasteiger charge is -2.24. The van der Waals surface area contributed by atoms with Crippen LogP contribution in [0.25, 0.3) is 16.9 Å². The first kappa shape index (κ1) is 40.9. The van der Waals surface area contributed by atoms with Gasteiger partial charge in [0.2, 0.25) is 11.4 Å². The summed E-state index contributed by atoms with van der Waals surface area (Å²) in [5.74, 6) is 1.41. The highest BCUT2D eigenvalue weighted by atomic mass is 28.3. The quantitative estimate of drug-likeness (QED) is 0.0507. The van der Waals surface area contributed by atoms with Crippen LogP contribution in [-0.4, -0.2) is 20.8 Å². The summed E-state index contributed by atoms with van der Waals surface area (Å²) in [7, 11) is -2.37. The summed E-state index contributed by atoms with van der Waals surface area (Å²) in [6.45, 7) is 21.7. The summed E-state index contributed by atoms with van der Waals surface area (Å²) in [5, 5.41) is 0. The van der Waals surface area contributed by atoms with E-state index in [2.05, 4.69) is 139 Å². The summed E-state index contributed by atoms with van der Waals surface area (Å²) >= 11 is 0. The van der Waals surface area contributed by atoms with Crippen LogP contribution in [0.4, 0.5) is 0 Å². The fourth-order valence-electron chi connectivity index (χ4n) is 7.61. The van der Waals surface area contributed by atoms with Crippen molar-refractivity contribution in [3.63, 3.8) is 0 Å². The standard InChI is InChI=1S/C45H70N2Si2/c1-10-12-14-16-18-24-38(35-48(4,5)6)30-32-40-26-20-22-28-42(40)44-34-37(3)45(47(44)46)43-29-23-21-27-41(43)33-31-39(36-49(7,8)9)25-19-17-15-13-11-2/h16-23,26-29,34,38-39H,10-15,24-25,30-33,35-36H2,1-9H3. The van der Waals surface area contributed by atoms with Crippen molar-refractivity contribution in [3.05, 3.63) is 112 Å². The molecule has 0 N–H and O–H groups in total. The van der Waals surface area contributed by atoms with E-state index in [4.69, 9.17) is 0 Å². The predicted octanol–water partition coefficient (Wildman–Crippen LogP) is 14.6. The third kappa shape index (κ3) is 14.3. The molecule has 0 spiro atoms. The van der Waals surface area contributed by atoms with Crippen molar-refractivity contribution in [1.29, 1.82) is 0 Å². The Kier molecular flexibility index (Phi) is 16.9. The number of aryl methyl sites for hydroxylation is 2. The van der Waals surface area contributed by atoms with Crippen molar-refractivity contribution >= 4 is 27.5 Å². The van der Waals surface area contributed by atoms with E-state index in [1.807, 2.05) is 0 Å². The Labute approximate surface area is 304 Å². The maximum atomic E-state index is 11.9. The number of hydrogen-bond donors (Lipinski definition) is 0. The Morgan fingerprint density at radius 1 is 0.653 bits per heavy atom. The molecule has 2 nitrogen and oxygen atoms in total. The topological polar surface area (TPSA) is 25.3 Å². The molecule has 0 radical (unpaired) electrons. The monoisotopic (exact) mass is 695 g/mol. The zero-order valence-corrected chi connectivity index (χ0v) is 35.0. The number of nitrogens with zero attached hydrogens (tertiary/aromatic N) is 2. The van der Waals surface area contributed by atoms with Gasteiger partial charge in [-0.15, -0.1) is 0 Å². The summed E-state index contributed by atoms with van der Waals surface area (Å²) in [6, 6.07) is 20.3. The van der Waals surface area contributed by atoms with Crippen LogP contribution in [0.2, 0.25) is 51.4 Å². The second-order valence-corrected chi connectivity index (χ2v) is 28.3. The third-order valence-corrected chi connectivity index (χ3v) is 13.5. The molecule has 49 heavy (non-hydrogen) atoms. The minimum atomic E-state index is -1.19. The van der Waals surface area contributed by atoms with Crippen LogP contribution in [0.3, 0.4) is 0 Å². The number of benzene rings is 2. The van der Waals surface area contributed by atoms with Crippen molar-refractivity contribution < 1.29 is 4.70 Å². The van der Waals surface area contributed by atoms with Gasteiger partial charge in [0.1, 0.15) is 0 Å². The molecule has 0 aliphatic carbocycles. The van der Waals surface area contributed by atoms with Crippen molar-refractivity contribution in [2.45, 2.75) is 149 Å². The second kappa shape index (κ2) is 20.3. The molecule has 0 aromatic heterocycles. The van der Waals surface area contributed by atoms with Gasteiger partial charge in [0.05, 0.1) is 0 Å². The van der Waals surface area contributed by atoms with Crippen molar-refractivity contribution in [2.75, 3.05) is 0 Å². The molecule has 0 saturated carbocycles. The predicted molar refractivity (Wildman–Crippen MR) is 224 cm³/mol. The van der Waals surface area contributed by atoms with Crippen molar-refractivity contribution in [2.24, 2.45) is 11.8 Å². The van der Waals surface area contributed by atoms with Gasteiger partial charge in [-0.3, -0.25) is 0 Å². The number of hydrogen-bond acceptors (Lipinski definition) is 0. The molecule has 4 heteroatoms. The minimum absolute atomic E-state index is 0.707. The molecule has 0 amide bonds. The van der Waals surface area contributed by atoms with E-state index in [9.17, 15) is 5.53 Å². The number of unbranched alkanes of at least 4 members (excludes halogenated alkanes) is 4. The zero-order valence-electron chi connectivity index (χ0n) is 33.0. The van der Waals surface area contributed by atoms with Crippen LogP contribution in [-0.2, 0) is 12.8 Å². The first-order chi connectivity index (χ1) is 23.3. The Bertz CT molecular complexity index is 1450. The lowest BCUT2D eigenvalue weighted by atomic mass is 9.93. The van der Waals surface area contributed by atoms with Gasteiger partial charge >= 0.3 is 0 Å². The third-order valence-electron chi connectivity index (χ3n) is 9.90. The SMILES string of the molecule is CCCCC=CCC(CCc1ccccc1C1=CC(C)=C(c2ccccc2CCC(CC=CCCCC)C[Si](C)(C)C)[N+]1=[N-])C[Si](C)(C)C. The van der Waals surface area contributed by atoms with Crippen LogP contribution < -0.4 is 0 Å². The minimum Gasteiger partial charge on any atom is -0.493 e. The van der Waals surface area contributed by atoms with Gasteiger partial charge < -0.3 is 5.53 Å². The average Bonchev–Trinajstić information content (AvgIpc) is 3.33. The molecule has 268 valence electrons. The lowest BCUT2D eigenvalue weighted by molar-refractivity contribution is -0.344. The highest BCUT2D eigenvalue weighted by Crippen LogP contribution is 2.39. The summed E-state index contributed by atoms with van der Waals surface area (Å²) in [5.41, 5.74) is 19.9. The molecule has 0 bridgehead atoms. The Morgan fingerprint density at radius 2 is 1.10 bits per heavy atom. The Hall–Kier alpha value is -2.57. The molecule has 2 aromatic carbocycles. The van der Waals surface area contributed by atoms with E-state index < -0.39 is 16.1 Å². The van der Waals surface area contributed by atoms with Crippen LogP contribution in [0.1, 0.15) is 107 Å².